The molecule has 694 valence electrons. The van der Waals surface area contributed by atoms with Crippen LogP contribution in [-0.4, -0.2) is 279 Å². The number of aliphatic hydroxyl groups is 6. The van der Waals surface area contributed by atoms with Gasteiger partial charge in [-0.3, -0.25) is 9.59 Å². The van der Waals surface area contributed by atoms with Crippen LogP contribution in [0.3, 0.4) is 0 Å². The Hall–Kier alpha value is -4.10. The molecule has 10 fully saturated rings. The molecule has 123 heavy (non-hydrogen) atoms. The summed E-state index contributed by atoms with van der Waals surface area (Å²) in [7, 11) is 6.45. The first-order valence-corrected chi connectivity index (χ1v) is 45.8. The molecule has 0 amide bonds. The van der Waals surface area contributed by atoms with Crippen LogP contribution in [0.4, 0.5) is 0 Å². The van der Waals surface area contributed by atoms with E-state index in [2.05, 4.69) is 81.4 Å². The fourth-order valence-electron chi connectivity index (χ4n) is 21.8. The predicted octanol–water partition coefficient (Wildman–Crippen LogP) is 10.8. The van der Waals surface area contributed by atoms with Crippen molar-refractivity contribution in [2.45, 2.75) is 402 Å². The first-order valence-electron chi connectivity index (χ1n) is 45.8. The minimum atomic E-state index is -1.82. The standard InChI is InChI=1S/C48H74O14.C47H72O14/c1-11-25(2)43-28(5)17-18-47(62-43)23-34-20-33(61-47)16-15-27(4)42(26(3)13-12-14-32-24-55-45-40(49)29(6)19-35(46(51)58-34)48(32,45)52)59-39-22-37(54-10)44(31(8)57-39)60-38-21-36(53-9)41(50)30(7)56-38;1-24(2)41-27(5)16-17-46(61-41)22-33-19-32(60-46)15-14-26(4)42(25(3)12-11-13-31-23-54-44-39(48)28(6)18-34(45(50)57-33)47(31,44)51)58-38-21-36(53-10)43(30(8)56-38)59-37-20-35(52-9)40(49)29(7)55-37/h12-15,19,25-26,28,30-31,33-45,49-50,52H,11,16-18,20-24H2,1-10H3;11-14,18,24-25,27,29-30,32-44,48-49,51H,15-17,19-23H2,1-10H3/b13-12+,27-15+,32-14+;12-11+,26-14+,31-13+/t25?,26-,28-,30-,31-,33+,34-,35-,36+,37-,38-,39-,40+,41-,42-,43+,44-,45+,47+,48+;25-,27-,29-,30-,32+,33-,34-,35+,36-,37-,38-,39+,40-,41+,42-,43-,44+,46+,47+/m00/s1. The van der Waals surface area contributed by atoms with E-state index in [4.69, 9.17) is 94.7 Å². The van der Waals surface area contributed by atoms with Crippen molar-refractivity contribution in [3.63, 3.8) is 0 Å². The Balaban J connectivity index is 0.000000212. The van der Waals surface area contributed by atoms with Gasteiger partial charge in [0.25, 0.3) is 0 Å². The number of hydrogen-bond acceptors (Lipinski definition) is 28. The van der Waals surface area contributed by atoms with E-state index in [9.17, 15) is 40.2 Å². The van der Waals surface area contributed by atoms with Crippen LogP contribution in [0.2, 0.25) is 0 Å². The molecule has 0 aromatic heterocycles. The summed E-state index contributed by atoms with van der Waals surface area (Å²) in [6, 6.07) is 0. The minimum Gasteiger partial charge on any atom is -0.462 e. The largest absolute Gasteiger partial charge is 0.462 e. The molecule has 39 atom stereocenters. The van der Waals surface area contributed by atoms with Gasteiger partial charge in [-0.25, -0.2) is 0 Å². The lowest BCUT2D eigenvalue weighted by Crippen LogP contribution is -2.58. The summed E-state index contributed by atoms with van der Waals surface area (Å²) in [6.07, 6.45) is 12.1. The Morgan fingerprint density at radius 1 is 0.472 bits per heavy atom. The molecule has 2 spiro atoms. The molecule has 2 aliphatic carbocycles. The number of aliphatic hydroxyl groups excluding tert-OH is 4. The molecular weight excluding hydrogens is 1590 g/mol. The van der Waals surface area contributed by atoms with E-state index in [1.165, 1.54) is 0 Å². The highest BCUT2D eigenvalue weighted by Crippen LogP contribution is 2.52. The van der Waals surface area contributed by atoms with Gasteiger partial charge in [0, 0.05) is 104 Å². The molecule has 10 saturated heterocycles. The lowest BCUT2D eigenvalue weighted by Gasteiger charge is -2.51. The number of carbonyl (C=O) groups is 2. The number of hydrogen-bond donors (Lipinski definition) is 6. The average molecular weight is 1740 g/mol. The van der Waals surface area contributed by atoms with Crippen LogP contribution in [-0.2, 0) is 104 Å². The summed E-state index contributed by atoms with van der Waals surface area (Å²) in [6.45, 7) is 32.5. The van der Waals surface area contributed by atoms with E-state index < -0.39 is 182 Å². The highest BCUT2D eigenvalue weighted by atomic mass is 16.8. The zero-order chi connectivity index (χ0) is 88.6. The number of rotatable bonds is 15. The van der Waals surface area contributed by atoms with Crippen LogP contribution < -0.4 is 0 Å². The molecule has 12 heterocycles. The molecule has 0 saturated carbocycles. The van der Waals surface area contributed by atoms with E-state index in [0.29, 0.717) is 117 Å². The summed E-state index contributed by atoms with van der Waals surface area (Å²) in [5, 5.41) is 68.4. The first kappa shape index (κ1) is 96.5. The molecule has 28 heteroatoms. The fraction of sp³-hybridized carbons (Fsp3) is 0.811. The van der Waals surface area contributed by atoms with Gasteiger partial charge in [0.05, 0.1) is 98.7 Å². The van der Waals surface area contributed by atoms with Gasteiger partial charge in [-0.15, -0.1) is 0 Å². The molecule has 0 radical (unpaired) electrons. The molecular formula is C95H146O28. The molecule has 14 rings (SSSR count). The number of esters is 2. The molecule has 1 unspecified atom stereocenters. The van der Waals surface area contributed by atoms with Gasteiger partial charge in [-0.1, -0.05) is 123 Å². The predicted molar refractivity (Wildman–Crippen MR) is 450 cm³/mol. The van der Waals surface area contributed by atoms with Crippen LogP contribution in [0, 0.1) is 47.3 Å². The smallest absolute Gasteiger partial charge is 0.316 e. The third kappa shape index (κ3) is 20.8. The summed E-state index contributed by atoms with van der Waals surface area (Å²) in [4.78, 5) is 28.7. The lowest BCUT2D eigenvalue weighted by atomic mass is 9.71. The van der Waals surface area contributed by atoms with E-state index in [-0.39, 0.29) is 67.6 Å². The van der Waals surface area contributed by atoms with Gasteiger partial charge in [0.15, 0.2) is 36.7 Å². The maximum absolute atomic E-state index is 14.4. The zero-order valence-electron chi connectivity index (χ0n) is 76.2. The van der Waals surface area contributed by atoms with Crippen molar-refractivity contribution in [3.8, 4) is 0 Å². The molecule has 12 aliphatic heterocycles. The fourth-order valence-corrected chi connectivity index (χ4v) is 21.8. The number of allylic oxidation sites excluding steroid dienone is 4. The van der Waals surface area contributed by atoms with Gasteiger partial charge in [-0.05, 0) is 138 Å². The monoisotopic (exact) mass is 1740 g/mol. The van der Waals surface area contributed by atoms with Gasteiger partial charge in [0.2, 0.25) is 0 Å². The first-order chi connectivity index (χ1) is 58.5. The van der Waals surface area contributed by atoms with Gasteiger partial charge in [-0.2, -0.15) is 0 Å². The third-order valence-corrected chi connectivity index (χ3v) is 29.3. The summed E-state index contributed by atoms with van der Waals surface area (Å²) in [5.41, 5.74) is 0.372. The SMILES string of the molecule is CCC(C)[C@H]1O[C@]2(CC[C@@H]1C)C[C@@H]1C[C@@H](C/C=C(\C)[C@@H](O[C@H]3C[C@H](OC)[C@@H](O[C@H]4C[C@@H](OC)[C@@H](O)[C@H](C)O4)[C@H](C)O3)[C@@H](C)/C=C/C=C3\CO[C@@H]4[C@H](O)C(C)=C[C@@H](C(=O)O1)[C@]34O)O2.CO[C@H]1C[C@H](O[C@@H]2/C(C)=C/C[C@@H]3C[C@@H](C[C@]4(CC[C@H](C)[C@@H](C(C)C)O4)O3)OC(=O)[C@@H]3C=C(C)[C@@H](O)[C@H]4OC/C(=C\C=C\[C@@H]2C)[C@]43O)O[C@@H](C)[C@@H]1O[C@H]1C[C@@H](OC)[C@@H](O)[C@H](C)O1. The Bertz CT molecular complexity index is 3810. The van der Waals surface area contributed by atoms with E-state index in [1.54, 1.807) is 80.4 Å². The number of methoxy groups -OCH3 is 4. The van der Waals surface area contributed by atoms with E-state index >= 15 is 0 Å². The second-order valence-corrected chi connectivity index (χ2v) is 38.6. The maximum atomic E-state index is 14.4. The van der Waals surface area contributed by atoms with Crippen LogP contribution in [0.5, 0.6) is 0 Å². The second kappa shape index (κ2) is 40.7. The van der Waals surface area contributed by atoms with E-state index in [0.717, 1.165) is 30.4 Å². The lowest BCUT2D eigenvalue weighted by molar-refractivity contribution is -0.341. The van der Waals surface area contributed by atoms with E-state index in [1.807, 2.05) is 38.2 Å². The summed E-state index contributed by atoms with van der Waals surface area (Å²) < 4.78 is 128. The van der Waals surface area contributed by atoms with Crippen molar-refractivity contribution < 1.29 is 135 Å². The Kier molecular flexibility index (Phi) is 31.9. The van der Waals surface area contributed by atoms with Crippen molar-refractivity contribution in [2.24, 2.45) is 47.3 Å². The molecule has 0 aromatic rings. The molecule has 0 aromatic carbocycles. The minimum absolute atomic E-state index is 0.00708. The van der Waals surface area contributed by atoms with Crippen LogP contribution >= 0.6 is 0 Å². The van der Waals surface area contributed by atoms with Gasteiger partial charge in [0.1, 0.15) is 84.1 Å². The zero-order valence-corrected chi connectivity index (χ0v) is 76.2. The van der Waals surface area contributed by atoms with Crippen LogP contribution in [0.1, 0.15) is 207 Å². The maximum Gasteiger partial charge on any atom is 0.316 e. The Morgan fingerprint density at radius 2 is 0.846 bits per heavy atom. The molecule has 4 bridgehead atoms. The summed E-state index contributed by atoms with van der Waals surface area (Å²) >= 11 is 0. The Morgan fingerprint density at radius 3 is 1.24 bits per heavy atom. The highest BCUT2D eigenvalue weighted by Gasteiger charge is 2.63. The molecule has 6 N–H and O–H groups in total. The number of fused-ring (bicyclic) bond motifs is 4. The van der Waals surface area contributed by atoms with Crippen molar-refractivity contribution in [1.82, 2.24) is 0 Å². The van der Waals surface area contributed by atoms with Crippen LogP contribution in [0.25, 0.3) is 0 Å². The van der Waals surface area contributed by atoms with Crippen molar-refractivity contribution in [3.05, 3.63) is 94.2 Å². The number of carbonyl (C=O) groups excluding carboxylic acids is 2. The van der Waals surface area contributed by atoms with Crippen molar-refractivity contribution in [1.29, 1.82) is 0 Å². The van der Waals surface area contributed by atoms with Crippen molar-refractivity contribution >= 4 is 11.9 Å². The quantitative estimate of drug-likeness (QED) is 0.0655. The Labute approximate surface area is 728 Å². The van der Waals surface area contributed by atoms with Crippen LogP contribution in [0.15, 0.2) is 94.2 Å². The van der Waals surface area contributed by atoms with Gasteiger partial charge >= 0.3 is 11.9 Å². The number of ether oxygens (including phenoxy) is 20. The third-order valence-electron chi connectivity index (χ3n) is 29.3. The average Bonchev–Trinajstić information content (AvgIpc) is 1.64. The topological polar surface area (TPSA) is 340 Å². The molecule has 14 aliphatic rings. The second-order valence-electron chi connectivity index (χ2n) is 38.6. The normalized spacial score (nSPS) is 49.5. The highest BCUT2D eigenvalue weighted by molar-refractivity contribution is 5.79. The van der Waals surface area contributed by atoms with Crippen molar-refractivity contribution in [2.75, 3.05) is 41.7 Å². The molecule has 28 nitrogen and oxygen atoms in total. The summed E-state index contributed by atoms with van der Waals surface area (Å²) in [5.74, 6) is -4.25. The van der Waals surface area contributed by atoms with Gasteiger partial charge < -0.3 is 125 Å².